The predicted octanol–water partition coefficient (Wildman–Crippen LogP) is 2.84. The Bertz CT molecular complexity index is 257. The third-order valence-electron chi connectivity index (χ3n) is 2.99. The molecule has 1 heteroatoms. The van der Waals surface area contributed by atoms with Gasteiger partial charge in [-0.3, -0.25) is 0 Å². The minimum absolute atomic E-state index is 0.158. The van der Waals surface area contributed by atoms with Gasteiger partial charge < -0.3 is 5.11 Å². The summed E-state index contributed by atoms with van der Waals surface area (Å²) >= 11 is 0. The lowest BCUT2D eigenvalue weighted by Crippen LogP contribution is -1.92. The Morgan fingerprint density at radius 2 is 1.69 bits per heavy atom. The van der Waals surface area contributed by atoms with Gasteiger partial charge in [0.25, 0.3) is 0 Å². The molecule has 2 rings (SSSR count). The first-order valence-electron chi connectivity index (χ1n) is 5.10. The van der Waals surface area contributed by atoms with Gasteiger partial charge in [0.2, 0.25) is 0 Å². The van der Waals surface area contributed by atoms with Crippen LogP contribution in [0.5, 0.6) is 0 Å². The highest BCUT2D eigenvalue weighted by atomic mass is 16.3. The van der Waals surface area contributed by atoms with Crippen LogP contribution >= 0.6 is 0 Å². The monoisotopic (exact) mass is 176 g/mol. The van der Waals surface area contributed by atoms with E-state index in [0.29, 0.717) is 0 Å². The molecule has 70 valence electrons. The molecule has 1 aromatic carbocycles. The van der Waals surface area contributed by atoms with E-state index in [1.54, 1.807) is 0 Å². The van der Waals surface area contributed by atoms with Crippen LogP contribution in [0.2, 0.25) is 0 Å². The first-order chi connectivity index (χ1) is 6.40. The lowest BCUT2D eigenvalue weighted by atomic mass is 9.97. The van der Waals surface area contributed by atoms with E-state index in [9.17, 15) is 0 Å². The molecule has 0 heterocycles. The Morgan fingerprint density at radius 3 is 2.23 bits per heavy atom. The number of aliphatic hydroxyl groups is 1. The molecule has 1 fully saturated rings. The third kappa shape index (κ3) is 1.92. The zero-order valence-corrected chi connectivity index (χ0v) is 7.87. The summed E-state index contributed by atoms with van der Waals surface area (Å²) in [5.41, 5.74) is 2.47. The van der Waals surface area contributed by atoms with E-state index in [0.717, 1.165) is 11.5 Å². The summed E-state index contributed by atoms with van der Waals surface area (Å²) in [6, 6.07) is 8.41. The van der Waals surface area contributed by atoms with Crippen molar-refractivity contribution in [2.45, 2.75) is 38.2 Å². The number of benzene rings is 1. The Balaban J connectivity index is 2.12. The van der Waals surface area contributed by atoms with Gasteiger partial charge in [0.05, 0.1) is 6.61 Å². The lowest BCUT2D eigenvalue weighted by molar-refractivity contribution is 0.282. The quantitative estimate of drug-likeness (QED) is 0.734. The average molecular weight is 176 g/mol. The van der Waals surface area contributed by atoms with E-state index in [2.05, 4.69) is 12.1 Å². The van der Waals surface area contributed by atoms with Crippen LogP contribution in [0, 0.1) is 0 Å². The Morgan fingerprint density at radius 1 is 1.08 bits per heavy atom. The van der Waals surface area contributed by atoms with E-state index in [4.69, 9.17) is 5.11 Å². The van der Waals surface area contributed by atoms with Gasteiger partial charge in [-0.25, -0.2) is 0 Å². The van der Waals surface area contributed by atoms with Crippen molar-refractivity contribution in [2.24, 2.45) is 0 Å². The summed E-state index contributed by atoms with van der Waals surface area (Å²) < 4.78 is 0. The maximum atomic E-state index is 8.89. The van der Waals surface area contributed by atoms with Crippen LogP contribution in [0.25, 0.3) is 0 Å². The van der Waals surface area contributed by atoms with Gasteiger partial charge in [0.1, 0.15) is 0 Å². The van der Waals surface area contributed by atoms with Crippen molar-refractivity contribution in [3.05, 3.63) is 35.4 Å². The van der Waals surface area contributed by atoms with E-state index in [1.807, 2.05) is 12.1 Å². The molecule has 0 spiro atoms. The average Bonchev–Trinajstić information content (AvgIpc) is 2.71. The van der Waals surface area contributed by atoms with E-state index < -0.39 is 0 Å². The Hall–Kier alpha value is -0.820. The minimum atomic E-state index is 0.158. The van der Waals surface area contributed by atoms with Crippen molar-refractivity contribution < 1.29 is 5.11 Å². The van der Waals surface area contributed by atoms with Gasteiger partial charge in [0, 0.05) is 0 Å². The smallest absolute Gasteiger partial charge is 0.0681 e. The molecule has 13 heavy (non-hydrogen) atoms. The molecule has 1 nitrogen and oxygen atoms in total. The highest BCUT2D eigenvalue weighted by molar-refractivity contribution is 5.25. The SMILES string of the molecule is OCc1ccc(C2CCCC2)cc1. The van der Waals surface area contributed by atoms with E-state index in [-0.39, 0.29) is 6.61 Å². The van der Waals surface area contributed by atoms with Crippen LogP contribution in [0.3, 0.4) is 0 Å². The molecule has 1 aromatic rings. The van der Waals surface area contributed by atoms with Crippen molar-refractivity contribution in [1.82, 2.24) is 0 Å². The summed E-state index contributed by atoms with van der Waals surface area (Å²) in [6.45, 7) is 0.158. The fourth-order valence-electron chi connectivity index (χ4n) is 2.15. The summed E-state index contributed by atoms with van der Waals surface area (Å²) in [5, 5.41) is 8.89. The fraction of sp³-hybridized carbons (Fsp3) is 0.500. The van der Waals surface area contributed by atoms with E-state index >= 15 is 0 Å². The summed E-state index contributed by atoms with van der Waals surface area (Å²) in [6.07, 6.45) is 5.45. The van der Waals surface area contributed by atoms with Gasteiger partial charge in [-0.15, -0.1) is 0 Å². The first kappa shape index (κ1) is 8.76. The molecule has 0 aliphatic heterocycles. The molecule has 1 aliphatic rings. The minimum Gasteiger partial charge on any atom is -0.392 e. The van der Waals surface area contributed by atoms with Crippen molar-refractivity contribution >= 4 is 0 Å². The zero-order valence-electron chi connectivity index (χ0n) is 7.87. The highest BCUT2D eigenvalue weighted by Gasteiger charge is 2.16. The van der Waals surface area contributed by atoms with Crippen LogP contribution < -0.4 is 0 Å². The molecule has 0 unspecified atom stereocenters. The van der Waals surface area contributed by atoms with Crippen LogP contribution in [0.4, 0.5) is 0 Å². The highest BCUT2D eigenvalue weighted by Crippen LogP contribution is 2.33. The number of hydrogen-bond acceptors (Lipinski definition) is 1. The fourth-order valence-corrected chi connectivity index (χ4v) is 2.15. The predicted molar refractivity (Wildman–Crippen MR) is 53.6 cm³/mol. The lowest BCUT2D eigenvalue weighted by Gasteiger charge is -2.09. The van der Waals surface area contributed by atoms with Gasteiger partial charge in [0.15, 0.2) is 0 Å². The van der Waals surface area contributed by atoms with Crippen molar-refractivity contribution in [3.8, 4) is 0 Å². The molecule has 1 saturated carbocycles. The number of rotatable bonds is 2. The second-order valence-corrected chi connectivity index (χ2v) is 3.88. The van der Waals surface area contributed by atoms with Gasteiger partial charge >= 0.3 is 0 Å². The van der Waals surface area contributed by atoms with Crippen LogP contribution in [-0.2, 0) is 6.61 Å². The van der Waals surface area contributed by atoms with Crippen LogP contribution in [-0.4, -0.2) is 5.11 Å². The Labute approximate surface area is 79.4 Å². The molecule has 0 bridgehead atoms. The standard InChI is InChI=1S/C12H16O/c13-9-10-5-7-12(8-6-10)11-3-1-2-4-11/h5-8,11,13H,1-4,9H2. The van der Waals surface area contributed by atoms with E-state index in [1.165, 1.54) is 31.2 Å². The van der Waals surface area contributed by atoms with Crippen LogP contribution in [0.1, 0.15) is 42.7 Å². The van der Waals surface area contributed by atoms with Crippen molar-refractivity contribution in [3.63, 3.8) is 0 Å². The summed E-state index contributed by atoms with van der Waals surface area (Å²) in [5.74, 6) is 0.785. The number of aliphatic hydroxyl groups excluding tert-OH is 1. The number of hydrogen-bond donors (Lipinski definition) is 1. The second kappa shape index (κ2) is 3.93. The molecular formula is C12H16O. The zero-order chi connectivity index (χ0) is 9.10. The van der Waals surface area contributed by atoms with Gasteiger partial charge in [-0.05, 0) is 29.9 Å². The molecule has 1 N–H and O–H groups in total. The third-order valence-corrected chi connectivity index (χ3v) is 2.99. The van der Waals surface area contributed by atoms with Gasteiger partial charge in [-0.2, -0.15) is 0 Å². The Kier molecular flexibility index (Phi) is 2.65. The maximum absolute atomic E-state index is 8.89. The molecule has 0 amide bonds. The molecule has 0 radical (unpaired) electrons. The van der Waals surface area contributed by atoms with Crippen molar-refractivity contribution in [2.75, 3.05) is 0 Å². The molecule has 1 aliphatic carbocycles. The molecular weight excluding hydrogens is 160 g/mol. The van der Waals surface area contributed by atoms with Gasteiger partial charge in [-0.1, -0.05) is 37.1 Å². The van der Waals surface area contributed by atoms with Crippen LogP contribution in [0.15, 0.2) is 24.3 Å². The summed E-state index contributed by atoms with van der Waals surface area (Å²) in [4.78, 5) is 0. The molecule has 0 aromatic heterocycles. The topological polar surface area (TPSA) is 20.2 Å². The normalized spacial score (nSPS) is 17.9. The maximum Gasteiger partial charge on any atom is 0.0681 e. The van der Waals surface area contributed by atoms with Crippen molar-refractivity contribution in [1.29, 1.82) is 0 Å². The molecule has 0 saturated heterocycles. The second-order valence-electron chi connectivity index (χ2n) is 3.88. The summed E-state index contributed by atoms with van der Waals surface area (Å²) in [7, 11) is 0. The molecule has 0 atom stereocenters. The largest absolute Gasteiger partial charge is 0.392 e. The first-order valence-corrected chi connectivity index (χ1v) is 5.10.